The van der Waals surface area contributed by atoms with Crippen molar-refractivity contribution < 1.29 is 23.9 Å². The Morgan fingerprint density at radius 2 is 1.87 bits per heavy atom. The second kappa shape index (κ2) is 7.55. The molecule has 1 amide bonds. The molecule has 0 aliphatic heterocycles. The van der Waals surface area contributed by atoms with Crippen molar-refractivity contribution in [1.29, 1.82) is 0 Å². The van der Waals surface area contributed by atoms with Crippen LogP contribution in [-0.4, -0.2) is 31.4 Å². The van der Waals surface area contributed by atoms with Gasteiger partial charge >= 0.3 is 5.97 Å². The highest BCUT2D eigenvalue weighted by Crippen LogP contribution is 2.18. The molecule has 0 bridgehead atoms. The standard InChI is InChI=1S/C16H15NO5S/c1-10(18)13-6-7-14(23-13)16(20)22-9-15(19)17-11-4-3-5-12(8-11)21-2/h3-8H,9H2,1-2H3,(H,17,19). The summed E-state index contributed by atoms with van der Waals surface area (Å²) in [4.78, 5) is 35.5. The highest BCUT2D eigenvalue weighted by Gasteiger charge is 2.14. The molecular formula is C16H15NO5S. The summed E-state index contributed by atoms with van der Waals surface area (Å²) in [7, 11) is 1.53. The van der Waals surface area contributed by atoms with Crippen LogP contribution in [0.3, 0.4) is 0 Å². The minimum absolute atomic E-state index is 0.121. The average Bonchev–Trinajstić information content (AvgIpc) is 3.03. The summed E-state index contributed by atoms with van der Waals surface area (Å²) in [6.07, 6.45) is 0. The van der Waals surface area contributed by atoms with Crippen LogP contribution in [0.4, 0.5) is 5.69 Å². The molecule has 7 heteroatoms. The summed E-state index contributed by atoms with van der Waals surface area (Å²) in [5, 5.41) is 2.60. The van der Waals surface area contributed by atoms with Gasteiger partial charge in [-0.05, 0) is 31.2 Å². The number of esters is 1. The van der Waals surface area contributed by atoms with E-state index in [1.54, 1.807) is 30.3 Å². The van der Waals surface area contributed by atoms with Crippen molar-refractivity contribution >= 4 is 34.7 Å². The number of anilines is 1. The van der Waals surface area contributed by atoms with Crippen LogP contribution in [0.1, 0.15) is 26.3 Å². The van der Waals surface area contributed by atoms with E-state index in [4.69, 9.17) is 9.47 Å². The molecule has 120 valence electrons. The van der Waals surface area contributed by atoms with Crippen LogP contribution in [0.2, 0.25) is 0 Å². The quantitative estimate of drug-likeness (QED) is 0.649. The molecule has 2 aromatic rings. The molecule has 0 saturated carbocycles. The highest BCUT2D eigenvalue weighted by molar-refractivity contribution is 7.15. The van der Waals surface area contributed by atoms with Gasteiger partial charge < -0.3 is 14.8 Å². The Balaban J connectivity index is 1.87. The third-order valence-corrected chi connectivity index (χ3v) is 4.01. The molecule has 0 fully saturated rings. The van der Waals surface area contributed by atoms with E-state index in [1.807, 2.05) is 0 Å². The highest BCUT2D eigenvalue weighted by atomic mass is 32.1. The van der Waals surface area contributed by atoms with E-state index < -0.39 is 18.5 Å². The van der Waals surface area contributed by atoms with Crippen LogP contribution in [0, 0.1) is 0 Å². The number of nitrogens with one attached hydrogen (secondary N) is 1. The number of benzene rings is 1. The first-order chi connectivity index (χ1) is 11.0. The number of Topliss-reactive ketones (excluding diaryl/α,β-unsaturated/α-hetero) is 1. The fraction of sp³-hybridized carbons (Fsp3) is 0.188. The molecule has 2 rings (SSSR count). The molecule has 0 unspecified atom stereocenters. The van der Waals surface area contributed by atoms with E-state index in [-0.39, 0.29) is 10.7 Å². The molecule has 0 aliphatic rings. The Hall–Kier alpha value is -2.67. The number of ketones is 1. The van der Waals surface area contributed by atoms with E-state index in [0.717, 1.165) is 11.3 Å². The van der Waals surface area contributed by atoms with Crippen molar-refractivity contribution in [3.8, 4) is 5.75 Å². The predicted molar refractivity (Wildman–Crippen MR) is 86.2 cm³/mol. The van der Waals surface area contributed by atoms with E-state index in [1.165, 1.54) is 20.1 Å². The largest absolute Gasteiger partial charge is 0.497 e. The lowest BCUT2D eigenvalue weighted by atomic mass is 10.3. The first kappa shape index (κ1) is 16.7. The number of methoxy groups -OCH3 is 1. The molecule has 6 nitrogen and oxygen atoms in total. The first-order valence-corrected chi connectivity index (χ1v) is 7.53. The van der Waals surface area contributed by atoms with Crippen LogP contribution in [-0.2, 0) is 9.53 Å². The molecule has 0 radical (unpaired) electrons. The molecule has 0 spiro atoms. The van der Waals surface area contributed by atoms with Gasteiger partial charge in [-0.25, -0.2) is 4.79 Å². The number of ether oxygens (including phenoxy) is 2. The molecule has 1 N–H and O–H groups in total. The third-order valence-electron chi connectivity index (χ3n) is 2.84. The molecule has 0 saturated heterocycles. The van der Waals surface area contributed by atoms with Crippen LogP contribution < -0.4 is 10.1 Å². The van der Waals surface area contributed by atoms with Gasteiger partial charge in [-0.15, -0.1) is 11.3 Å². The normalized spacial score (nSPS) is 10.0. The van der Waals surface area contributed by atoms with Crippen molar-refractivity contribution in [3.63, 3.8) is 0 Å². The monoisotopic (exact) mass is 333 g/mol. The fourth-order valence-corrected chi connectivity index (χ4v) is 2.53. The summed E-state index contributed by atoms with van der Waals surface area (Å²) < 4.78 is 9.98. The van der Waals surface area contributed by atoms with Gasteiger partial charge in [-0.3, -0.25) is 9.59 Å². The van der Waals surface area contributed by atoms with Crippen LogP contribution in [0.5, 0.6) is 5.75 Å². The van der Waals surface area contributed by atoms with Gasteiger partial charge in [-0.2, -0.15) is 0 Å². The molecule has 1 heterocycles. The number of hydrogen-bond acceptors (Lipinski definition) is 6. The smallest absolute Gasteiger partial charge is 0.348 e. The molecule has 1 aromatic heterocycles. The maximum Gasteiger partial charge on any atom is 0.348 e. The number of carbonyl (C=O) groups excluding carboxylic acids is 3. The van der Waals surface area contributed by atoms with Crippen molar-refractivity contribution in [1.82, 2.24) is 0 Å². The van der Waals surface area contributed by atoms with Crippen LogP contribution in [0.15, 0.2) is 36.4 Å². The first-order valence-electron chi connectivity index (χ1n) is 6.71. The number of thiophene rings is 1. The minimum atomic E-state index is -0.636. The third kappa shape index (κ3) is 4.65. The number of carbonyl (C=O) groups is 3. The van der Waals surface area contributed by atoms with Crippen molar-refractivity contribution in [2.75, 3.05) is 19.0 Å². The Morgan fingerprint density at radius 3 is 2.52 bits per heavy atom. The van der Waals surface area contributed by atoms with Crippen molar-refractivity contribution in [3.05, 3.63) is 46.2 Å². The molecular weight excluding hydrogens is 318 g/mol. The number of hydrogen-bond donors (Lipinski definition) is 1. The Bertz CT molecular complexity index is 738. The van der Waals surface area contributed by atoms with E-state index >= 15 is 0 Å². The van der Waals surface area contributed by atoms with E-state index in [9.17, 15) is 14.4 Å². The van der Waals surface area contributed by atoms with Crippen molar-refractivity contribution in [2.45, 2.75) is 6.92 Å². The Morgan fingerprint density at radius 1 is 1.13 bits per heavy atom. The molecule has 23 heavy (non-hydrogen) atoms. The lowest BCUT2D eigenvalue weighted by molar-refractivity contribution is -0.119. The van der Waals surface area contributed by atoms with E-state index in [2.05, 4.69) is 5.32 Å². The lowest BCUT2D eigenvalue weighted by Gasteiger charge is -2.07. The average molecular weight is 333 g/mol. The van der Waals surface area contributed by atoms with Gasteiger partial charge in [0.1, 0.15) is 10.6 Å². The van der Waals surface area contributed by atoms with E-state index in [0.29, 0.717) is 16.3 Å². The second-order valence-electron chi connectivity index (χ2n) is 4.58. The topological polar surface area (TPSA) is 81.7 Å². The zero-order valence-electron chi connectivity index (χ0n) is 12.6. The summed E-state index contributed by atoms with van der Waals surface area (Å²) in [5.41, 5.74) is 0.542. The Labute approximate surface area is 137 Å². The van der Waals surface area contributed by atoms with Gasteiger partial charge in [0, 0.05) is 11.8 Å². The zero-order valence-corrected chi connectivity index (χ0v) is 13.4. The summed E-state index contributed by atoms with van der Waals surface area (Å²) >= 11 is 1.04. The van der Waals surface area contributed by atoms with Gasteiger partial charge in [-0.1, -0.05) is 6.07 Å². The predicted octanol–water partition coefficient (Wildman–Crippen LogP) is 2.75. The second-order valence-corrected chi connectivity index (χ2v) is 5.66. The maximum absolute atomic E-state index is 11.8. The van der Waals surface area contributed by atoms with Crippen molar-refractivity contribution in [2.24, 2.45) is 0 Å². The molecule has 1 aromatic carbocycles. The van der Waals surface area contributed by atoms with Crippen LogP contribution in [0.25, 0.3) is 0 Å². The number of amides is 1. The van der Waals surface area contributed by atoms with Gasteiger partial charge in [0.2, 0.25) is 0 Å². The molecule has 0 aliphatic carbocycles. The lowest BCUT2D eigenvalue weighted by Crippen LogP contribution is -2.20. The maximum atomic E-state index is 11.8. The van der Waals surface area contributed by atoms with Crippen LogP contribution >= 0.6 is 11.3 Å². The van der Waals surface area contributed by atoms with Gasteiger partial charge in [0.05, 0.1) is 12.0 Å². The minimum Gasteiger partial charge on any atom is -0.497 e. The Kier molecular flexibility index (Phi) is 5.48. The number of rotatable bonds is 6. The summed E-state index contributed by atoms with van der Waals surface area (Å²) in [6, 6.07) is 9.89. The molecule has 0 atom stereocenters. The summed E-state index contributed by atoms with van der Waals surface area (Å²) in [6.45, 7) is 1.01. The summed E-state index contributed by atoms with van der Waals surface area (Å²) in [5.74, 6) is -0.613. The zero-order chi connectivity index (χ0) is 16.8. The van der Waals surface area contributed by atoms with Gasteiger partial charge in [0.15, 0.2) is 12.4 Å². The SMILES string of the molecule is COc1cccc(NC(=O)COC(=O)c2ccc(C(C)=O)s2)c1. The fourth-order valence-electron chi connectivity index (χ4n) is 1.74. The van der Waals surface area contributed by atoms with Gasteiger partial charge in [0.25, 0.3) is 5.91 Å².